The van der Waals surface area contributed by atoms with E-state index in [4.69, 9.17) is 21.1 Å². The van der Waals surface area contributed by atoms with Crippen LogP contribution in [0.3, 0.4) is 0 Å². The van der Waals surface area contributed by atoms with Crippen LogP contribution in [-0.2, 0) is 11.4 Å². The molecule has 1 amide bonds. The van der Waals surface area contributed by atoms with Crippen LogP contribution >= 0.6 is 11.6 Å². The molecule has 2 aromatic rings. The van der Waals surface area contributed by atoms with Crippen LogP contribution < -0.4 is 14.8 Å². The van der Waals surface area contributed by atoms with Gasteiger partial charge in [0.2, 0.25) is 5.91 Å². The number of benzene rings is 2. The van der Waals surface area contributed by atoms with E-state index in [9.17, 15) is 9.18 Å². The first-order valence-corrected chi connectivity index (χ1v) is 9.91. The lowest BCUT2D eigenvalue weighted by Crippen LogP contribution is -2.61. The number of hydrogen-bond donors (Lipinski definition) is 1. The summed E-state index contributed by atoms with van der Waals surface area (Å²) in [5.41, 5.74) is 0.652. The maximum atomic E-state index is 14.2. The van der Waals surface area contributed by atoms with Crippen LogP contribution in [0.25, 0.3) is 0 Å². The van der Waals surface area contributed by atoms with Gasteiger partial charge in [0.05, 0.1) is 23.7 Å². The van der Waals surface area contributed by atoms with Crippen LogP contribution in [0.15, 0.2) is 36.4 Å². The van der Waals surface area contributed by atoms with E-state index in [1.165, 1.54) is 12.1 Å². The summed E-state index contributed by atoms with van der Waals surface area (Å²) in [6.45, 7) is 6.96. The lowest BCUT2D eigenvalue weighted by Gasteiger charge is -2.41. The molecule has 0 aliphatic carbocycles. The van der Waals surface area contributed by atoms with E-state index < -0.39 is 11.4 Å². The summed E-state index contributed by atoms with van der Waals surface area (Å²) in [5, 5.41) is 3.49. The molecule has 1 aliphatic heterocycles. The van der Waals surface area contributed by atoms with Gasteiger partial charge in [0.1, 0.15) is 23.9 Å². The minimum atomic E-state index is -0.663. The highest BCUT2D eigenvalue weighted by Gasteiger charge is 2.38. The van der Waals surface area contributed by atoms with Gasteiger partial charge in [-0.05, 0) is 62.7 Å². The van der Waals surface area contributed by atoms with Gasteiger partial charge in [-0.1, -0.05) is 11.6 Å². The van der Waals surface area contributed by atoms with E-state index in [1.54, 1.807) is 36.3 Å². The zero-order valence-electron chi connectivity index (χ0n) is 17.1. The van der Waals surface area contributed by atoms with Crippen molar-refractivity contribution in [1.29, 1.82) is 0 Å². The van der Waals surface area contributed by atoms with Crippen molar-refractivity contribution in [3.8, 4) is 11.5 Å². The van der Waals surface area contributed by atoms with E-state index in [2.05, 4.69) is 5.32 Å². The Morgan fingerprint density at radius 3 is 2.55 bits per heavy atom. The molecular weight excluding hydrogens is 395 g/mol. The van der Waals surface area contributed by atoms with Gasteiger partial charge in [0.25, 0.3) is 0 Å². The van der Waals surface area contributed by atoms with Gasteiger partial charge >= 0.3 is 0 Å². The van der Waals surface area contributed by atoms with Crippen molar-refractivity contribution in [3.63, 3.8) is 0 Å². The Balaban J connectivity index is 1.87. The maximum absolute atomic E-state index is 14.2. The minimum absolute atomic E-state index is 0.0290. The maximum Gasteiger partial charge on any atom is 0.242 e. The Hall–Kier alpha value is -2.31. The first kappa shape index (κ1) is 21.4. The summed E-state index contributed by atoms with van der Waals surface area (Å²) in [4.78, 5) is 14.6. The highest BCUT2D eigenvalue weighted by Crippen LogP contribution is 2.33. The number of nitrogens with one attached hydrogen (secondary N) is 1. The normalized spacial score (nSPS) is 17.2. The van der Waals surface area contributed by atoms with E-state index in [0.29, 0.717) is 30.0 Å². The molecule has 0 aromatic heterocycles. The van der Waals surface area contributed by atoms with Crippen molar-refractivity contribution < 1.29 is 18.7 Å². The summed E-state index contributed by atoms with van der Waals surface area (Å²) in [5.74, 6) is 0.904. The first-order valence-electron chi connectivity index (χ1n) is 9.53. The zero-order chi connectivity index (χ0) is 21.2. The summed E-state index contributed by atoms with van der Waals surface area (Å²) in [6, 6.07) is 9.55. The summed E-state index contributed by atoms with van der Waals surface area (Å²) in [6.07, 6.45) is 0. The van der Waals surface area contributed by atoms with Crippen LogP contribution in [-0.4, -0.2) is 36.5 Å². The van der Waals surface area contributed by atoms with Crippen LogP contribution in [0.1, 0.15) is 37.9 Å². The van der Waals surface area contributed by atoms with Gasteiger partial charge in [-0.25, -0.2) is 4.39 Å². The fraction of sp³-hybridized carbons (Fsp3) is 0.409. The fourth-order valence-electron chi connectivity index (χ4n) is 3.54. The number of amides is 1. The molecule has 3 rings (SSSR count). The molecule has 0 saturated carbocycles. The largest absolute Gasteiger partial charge is 0.497 e. The molecule has 7 heteroatoms. The molecule has 156 valence electrons. The van der Waals surface area contributed by atoms with Crippen molar-refractivity contribution in [2.75, 3.05) is 20.2 Å². The number of hydrogen-bond acceptors (Lipinski definition) is 4. The Morgan fingerprint density at radius 1 is 1.24 bits per heavy atom. The highest BCUT2D eigenvalue weighted by atomic mass is 35.5. The molecule has 5 nitrogen and oxygen atoms in total. The lowest BCUT2D eigenvalue weighted by atomic mass is 9.95. The SMILES string of the molecule is COc1ccc(OCc2c(Cl)cc(F)cc2[C@H](C)N2CCNC(C)(C)C2=O)cc1. The van der Waals surface area contributed by atoms with E-state index in [1.807, 2.05) is 20.8 Å². The molecule has 0 spiro atoms. The van der Waals surface area contributed by atoms with Crippen LogP contribution in [0.4, 0.5) is 4.39 Å². The van der Waals surface area contributed by atoms with Crippen molar-refractivity contribution in [2.45, 2.75) is 39.0 Å². The molecular formula is C22H26ClFN2O3. The van der Waals surface area contributed by atoms with Gasteiger partial charge in [-0.3, -0.25) is 4.79 Å². The number of carbonyl (C=O) groups excluding carboxylic acids is 1. The van der Waals surface area contributed by atoms with E-state index >= 15 is 0 Å². The average Bonchev–Trinajstić information content (AvgIpc) is 2.68. The van der Waals surface area contributed by atoms with Crippen molar-refractivity contribution in [1.82, 2.24) is 10.2 Å². The predicted octanol–water partition coefficient (Wildman–Crippen LogP) is 4.34. The minimum Gasteiger partial charge on any atom is -0.497 e. The zero-order valence-corrected chi connectivity index (χ0v) is 17.8. The third-order valence-electron chi connectivity index (χ3n) is 5.27. The highest BCUT2D eigenvalue weighted by molar-refractivity contribution is 6.31. The second-order valence-electron chi connectivity index (χ2n) is 7.65. The Labute approximate surface area is 175 Å². The number of ether oxygens (including phenoxy) is 2. The molecule has 1 N–H and O–H groups in total. The molecule has 1 atom stereocenters. The molecule has 29 heavy (non-hydrogen) atoms. The number of carbonyl (C=O) groups is 1. The monoisotopic (exact) mass is 420 g/mol. The van der Waals surface area contributed by atoms with Gasteiger partial charge in [0, 0.05) is 18.7 Å². The molecule has 2 aromatic carbocycles. The fourth-order valence-corrected chi connectivity index (χ4v) is 3.81. The molecule has 1 aliphatic rings. The smallest absolute Gasteiger partial charge is 0.242 e. The van der Waals surface area contributed by atoms with Crippen molar-refractivity contribution in [3.05, 3.63) is 58.4 Å². The third-order valence-corrected chi connectivity index (χ3v) is 5.61. The summed E-state index contributed by atoms with van der Waals surface area (Å²) in [7, 11) is 1.60. The van der Waals surface area contributed by atoms with Crippen molar-refractivity contribution >= 4 is 17.5 Å². The standard InChI is InChI=1S/C22H26ClFN2O3/c1-14(26-10-9-25-22(2,3)21(26)27)18-11-15(24)12-20(23)19(18)13-29-17-7-5-16(28-4)6-8-17/h5-8,11-12,14,25H,9-10,13H2,1-4H3/t14-/m0/s1. The topological polar surface area (TPSA) is 50.8 Å². The molecule has 1 fully saturated rings. The average molecular weight is 421 g/mol. The first-order chi connectivity index (χ1) is 13.7. The molecule has 0 unspecified atom stereocenters. The summed E-state index contributed by atoms with van der Waals surface area (Å²) < 4.78 is 25.2. The van der Waals surface area contributed by atoms with Gasteiger partial charge < -0.3 is 19.7 Å². The quantitative estimate of drug-likeness (QED) is 0.755. The lowest BCUT2D eigenvalue weighted by molar-refractivity contribution is -0.142. The van der Waals surface area contributed by atoms with Crippen molar-refractivity contribution in [2.24, 2.45) is 0 Å². The van der Waals surface area contributed by atoms with Crippen LogP contribution in [0.5, 0.6) is 11.5 Å². The number of nitrogens with zero attached hydrogens (tertiary/aromatic N) is 1. The second kappa shape index (κ2) is 8.59. The van der Waals surface area contributed by atoms with Gasteiger partial charge in [-0.2, -0.15) is 0 Å². The Morgan fingerprint density at radius 2 is 1.90 bits per heavy atom. The van der Waals surface area contributed by atoms with E-state index in [-0.39, 0.29) is 23.6 Å². The molecule has 1 heterocycles. The van der Waals surface area contributed by atoms with Crippen LogP contribution in [0.2, 0.25) is 5.02 Å². The van der Waals surface area contributed by atoms with Gasteiger partial charge in [0.15, 0.2) is 0 Å². The number of halogens is 2. The Bertz CT molecular complexity index is 886. The van der Waals surface area contributed by atoms with Crippen LogP contribution in [0, 0.1) is 5.82 Å². The molecule has 0 bridgehead atoms. The summed E-state index contributed by atoms with van der Waals surface area (Å²) >= 11 is 6.37. The third kappa shape index (κ3) is 4.65. The van der Waals surface area contributed by atoms with Gasteiger partial charge in [-0.15, -0.1) is 0 Å². The number of methoxy groups -OCH3 is 1. The second-order valence-corrected chi connectivity index (χ2v) is 8.05. The molecule has 1 saturated heterocycles. The number of rotatable bonds is 6. The number of piperazine rings is 1. The predicted molar refractivity (Wildman–Crippen MR) is 111 cm³/mol. The van der Waals surface area contributed by atoms with E-state index in [0.717, 1.165) is 5.75 Å². The Kier molecular flexibility index (Phi) is 6.34. The molecule has 0 radical (unpaired) electrons.